The van der Waals surface area contributed by atoms with Gasteiger partial charge in [-0.2, -0.15) is 0 Å². The van der Waals surface area contributed by atoms with Crippen LogP contribution in [0.5, 0.6) is 0 Å². The molecular weight excluding hydrogens is 282 g/mol. The van der Waals surface area contributed by atoms with E-state index in [0.717, 1.165) is 0 Å². The highest BCUT2D eigenvalue weighted by atomic mass is 32.2. The molecule has 2 aliphatic heterocycles. The third-order valence-corrected chi connectivity index (χ3v) is 5.01. The molecule has 1 unspecified atom stereocenters. The predicted octanol–water partition coefficient (Wildman–Crippen LogP) is 0.748. The molecule has 0 bridgehead atoms. The summed E-state index contributed by atoms with van der Waals surface area (Å²) < 4.78 is 5.23. The van der Waals surface area contributed by atoms with Gasteiger partial charge >= 0.3 is 5.97 Å². The maximum atomic E-state index is 12.2. The van der Waals surface area contributed by atoms with Crippen LogP contribution in [-0.2, 0) is 19.1 Å². The van der Waals surface area contributed by atoms with Crippen molar-refractivity contribution in [3.05, 3.63) is 0 Å². The minimum absolute atomic E-state index is 0.0231. The molecular formula is C13H19NO5S. The summed E-state index contributed by atoms with van der Waals surface area (Å²) >= 11 is 1.20. The van der Waals surface area contributed by atoms with Crippen LogP contribution < -0.4 is 0 Å². The van der Waals surface area contributed by atoms with Crippen LogP contribution in [-0.4, -0.2) is 58.0 Å². The van der Waals surface area contributed by atoms with E-state index in [2.05, 4.69) is 0 Å². The van der Waals surface area contributed by atoms with Crippen molar-refractivity contribution in [1.82, 2.24) is 4.90 Å². The fourth-order valence-electron chi connectivity index (χ4n) is 2.85. The lowest BCUT2D eigenvalue weighted by atomic mass is 9.88. The SMILES string of the molecule is CC(=O)SCC1CC(=O)N(C2(C(=O)O)CCOCC2)C1. The Morgan fingerprint density at radius 2 is 2.10 bits per heavy atom. The zero-order valence-corrected chi connectivity index (χ0v) is 12.3. The number of amides is 1. The molecule has 0 aromatic carbocycles. The van der Waals surface area contributed by atoms with E-state index in [9.17, 15) is 19.5 Å². The molecule has 2 aliphatic rings. The lowest BCUT2D eigenvalue weighted by Crippen LogP contribution is -2.58. The van der Waals surface area contributed by atoms with Gasteiger partial charge in [0.15, 0.2) is 5.12 Å². The maximum Gasteiger partial charge on any atom is 0.329 e. The minimum Gasteiger partial charge on any atom is -0.479 e. The summed E-state index contributed by atoms with van der Waals surface area (Å²) in [6, 6.07) is 0. The number of rotatable bonds is 4. The number of carbonyl (C=O) groups is 3. The average Bonchev–Trinajstić information content (AvgIpc) is 2.79. The molecule has 7 heteroatoms. The Hall–Kier alpha value is -1.08. The van der Waals surface area contributed by atoms with Crippen LogP contribution in [0.3, 0.4) is 0 Å². The first-order valence-electron chi connectivity index (χ1n) is 6.70. The largest absolute Gasteiger partial charge is 0.479 e. The highest BCUT2D eigenvalue weighted by Gasteiger charge is 2.50. The van der Waals surface area contributed by atoms with E-state index in [1.54, 1.807) is 0 Å². The molecule has 0 spiro atoms. The Kier molecular flexibility index (Phi) is 4.70. The zero-order valence-electron chi connectivity index (χ0n) is 11.5. The quantitative estimate of drug-likeness (QED) is 0.825. The fourth-order valence-corrected chi connectivity index (χ4v) is 3.54. The van der Waals surface area contributed by atoms with Crippen LogP contribution in [0, 0.1) is 5.92 Å². The number of thioether (sulfide) groups is 1. The Balaban J connectivity index is 2.08. The first-order valence-corrected chi connectivity index (χ1v) is 7.69. The summed E-state index contributed by atoms with van der Waals surface area (Å²) in [6.45, 7) is 2.65. The molecule has 0 aliphatic carbocycles. The topological polar surface area (TPSA) is 83.9 Å². The summed E-state index contributed by atoms with van der Waals surface area (Å²) in [4.78, 5) is 36.3. The van der Waals surface area contributed by atoms with E-state index in [1.807, 2.05) is 0 Å². The highest BCUT2D eigenvalue weighted by molar-refractivity contribution is 8.13. The van der Waals surface area contributed by atoms with Crippen molar-refractivity contribution in [2.75, 3.05) is 25.5 Å². The van der Waals surface area contributed by atoms with Crippen LogP contribution in [0.4, 0.5) is 0 Å². The number of hydrogen-bond donors (Lipinski definition) is 1. The number of hydrogen-bond acceptors (Lipinski definition) is 5. The van der Waals surface area contributed by atoms with Gasteiger partial charge in [0.2, 0.25) is 5.91 Å². The Bertz CT molecular complexity index is 419. The lowest BCUT2D eigenvalue weighted by Gasteiger charge is -2.41. The zero-order chi connectivity index (χ0) is 14.8. The van der Waals surface area contributed by atoms with Crippen molar-refractivity contribution in [3.63, 3.8) is 0 Å². The second-order valence-corrected chi connectivity index (χ2v) is 6.52. The number of carbonyl (C=O) groups excluding carboxylic acids is 2. The van der Waals surface area contributed by atoms with Crippen LogP contribution in [0.2, 0.25) is 0 Å². The first kappa shape index (κ1) is 15.3. The van der Waals surface area contributed by atoms with Gasteiger partial charge in [0.1, 0.15) is 5.54 Å². The molecule has 0 saturated carbocycles. The number of ether oxygens (including phenoxy) is 1. The van der Waals surface area contributed by atoms with Crippen LogP contribution in [0.1, 0.15) is 26.2 Å². The summed E-state index contributed by atoms with van der Waals surface area (Å²) in [5.74, 6) is -0.447. The lowest BCUT2D eigenvalue weighted by molar-refractivity contribution is -0.163. The summed E-state index contributed by atoms with van der Waals surface area (Å²) in [5.41, 5.74) is -1.12. The molecule has 20 heavy (non-hydrogen) atoms. The van der Waals surface area contributed by atoms with Crippen molar-refractivity contribution in [2.24, 2.45) is 5.92 Å². The normalized spacial score (nSPS) is 25.8. The van der Waals surface area contributed by atoms with E-state index in [0.29, 0.717) is 44.8 Å². The van der Waals surface area contributed by atoms with Crippen molar-refractivity contribution in [2.45, 2.75) is 31.7 Å². The minimum atomic E-state index is -1.12. The van der Waals surface area contributed by atoms with Crippen LogP contribution >= 0.6 is 11.8 Å². The summed E-state index contributed by atoms with van der Waals surface area (Å²) in [7, 11) is 0. The molecule has 1 atom stereocenters. The van der Waals surface area contributed by atoms with Crippen LogP contribution in [0.25, 0.3) is 0 Å². The van der Waals surface area contributed by atoms with Gasteiger partial charge in [-0.25, -0.2) is 4.79 Å². The highest BCUT2D eigenvalue weighted by Crippen LogP contribution is 2.35. The Morgan fingerprint density at radius 1 is 1.45 bits per heavy atom. The van der Waals surface area contributed by atoms with Gasteiger partial charge in [0.25, 0.3) is 0 Å². The van der Waals surface area contributed by atoms with Crippen LogP contribution in [0.15, 0.2) is 0 Å². The summed E-state index contributed by atoms with van der Waals surface area (Å²) in [6.07, 6.45) is 0.997. The van der Waals surface area contributed by atoms with E-state index in [4.69, 9.17) is 4.74 Å². The average molecular weight is 301 g/mol. The van der Waals surface area contributed by atoms with Gasteiger partial charge in [-0.05, 0) is 5.92 Å². The molecule has 2 heterocycles. The van der Waals surface area contributed by atoms with Gasteiger partial charge in [0.05, 0.1) is 0 Å². The molecule has 6 nitrogen and oxygen atoms in total. The number of nitrogens with zero attached hydrogens (tertiary/aromatic N) is 1. The summed E-state index contributed by atoms with van der Waals surface area (Å²) in [5, 5.41) is 9.59. The number of carboxylic acid groups (broad SMARTS) is 1. The molecule has 2 rings (SSSR count). The van der Waals surface area contributed by atoms with Gasteiger partial charge < -0.3 is 14.7 Å². The third-order valence-electron chi connectivity index (χ3n) is 3.96. The second kappa shape index (κ2) is 6.13. The van der Waals surface area contributed by atoms with E-state index in [-0.39, 0.29) is 16.9 Å². The number of aliphatic carboxylic acids is 1. The molecule has 112 valence electrons. The number of carboxylic acids is 1. The molecule has 0 radical (unpaired) electrons. The fraction of sp³-hybridized carbons (Fsp3) is 0.769. The molecule has 1 amide bonds. The van der Waals surface area contributed by atoms with Crippen molar-refractivity contribution in [1.29, 1.82) is 0 Å². The van der Waals surface area contributed by atoms with Crippen molar-refractivity contribution in [3.8, 4) is 0 Å². The van der Waals surface area contributed by atoms with Gasteiger partial charge in [-0.3, -0.25) is 9.59 Å². The molecule has 0 aromatic rings. The maximum absolute atomic E-state index is 12.2. The molecule has 2 saturated heterocycles. The van der Waals surface area contributed by atoms with Crippen molar-refractivity contribution >= 4 is 28.8 Å². The van der Waals surface area contributed by atoms with E-state index < -0.39 is 11.5 Å². The monoisotopic (exact) mass is 301 g/mol. The Morgan fingerprint density at radius 3 is 2.65 bits per heavy atom. The smallest absolute Gasteiger partial charge is 0.329 e. The standard InChI is InChI=1S/C13H19NO5S/c1-9(15)20-8-10-6-11(16)14(7-10)13(12(17)18)2-4-19-5-3-13/h10H,2-8H2,1H3,(H,17,18). The van der Waals surface area contributed by atoms with Crippen molar-refractivity contribution < 1.29 is 24.2 Å². The number of likely N-dealkylation sites (tertiary alicyclic amines) is 1. The Labute approximate surface area is 121 Å². The van der Waals surface area contributed by atoms with Gasteiger partial charge in [-0.15, -0.1) is 0 Å². The molecule has 1 N–H and O–H groups in total. The third kappa shape index (κ3) is 2.98. The van der Waals surface area contributed by atoms with E-state index >= 15 is 0 Å². The predicted molar refractivity (Wildman–Crippen MR) is 73.4 cm³/mol. The molecule has 2 fully saturated rings. The first-order chi connectivity index (χ1) is 9.45. The van der Waals surface area contributed by atoms with E-state index in [1.165, 1.54) is 23.6 Å². The van der Waals surface area contributed by atoms with Gasteiger partial charge in [0, 0.05) is 51.7 Å². The molecule has 0 aromatic heterocycles. The van der Waals surface area contributed by atoms with Gasteiger partial charge in [-0.1, -0.05) is 11.8 Å². The second-order valence-electron chi connectivity index (χ2n) is 5.33.